The van der Waals surface area contributed by atoms with Gasteiger partial charge >= 0.3 is 0 Å². The highest BCUT2D eigenvalue weighted by atomic mass is 35.5. The molecule has 4 nitrogen and oxygen atoms in total. The number of aryl methyl sites for hydroxylation is 1. The van der Waals surface area contributed by atoms with E-state index < -0.39 is 11.9 Å². The highest BCUT2D eigenvalue weighted by Gasteiger charge is 2.18. The fourth-order valence-electron chi connectivity index (χ4n) is 2.21. The monoisotopic (exact) mass is 324 g/mol. The molecule has 2 aromatic rings. The van der Waals surface area contributed by atoms with Crippen molar-refractivity contribution in [2.75, 3.05) is 7.05 Å². The van der Waals surface area contributed by atoms with Crippen LogP contribution in [0.1, 0.15) is 23.8 Å². The van der Waals surface area contributed by atoms with E-state index in [4.69, 9.17) is 11.6 Å². The molecule has 1 aromatic heterocycles. The smallest absolute Gasteiger partial charge is 0.225 e. The van der Waals surface area contributed by atoms with E-state index >= 15 is 0 Å². The van der Waals surface area contributed by atoms with Gasteiger partial charge in [-0.3, -0.25) is 4.79 Å². The van der Waals surface area contributed by atoms with E-state index in [1.807, 2.05) is 11.6 Å². The summed E-state index contributed by atoms with van der Waals surface area (Å²) in [5.41, 5.74) is 1.28. The molecule has 1 atom stereocenters. The summed E-state index contributed by atoms with van der Waals surface area (Å²) in [5.74, 6) is -0.662. The lowest BCUT2D eigenvalue weighted by Crippen LogP contribution is -2.28. The number of carbonyl (C=O) groups excluding carboxylic acids is 1. The number of amides is 1. The highest BCUT2D eigenvalue weighted by Crippen LogP contribution is 2.19. The van der Waals surface area contributed by atoms with Gasteiger partial charge in [-0.15, -0.1) is 0 Å². The normalized spacial score (nSPS) is 12.2. The van der Waals surface area contributed by atoms with E-state index in [0.29, 0.717) is 17.1 Å². The lowest BCUT2D eigenvalue weighted by molar-refractivity contribution is -0.132. The Morgan fingerprint density at radius 3 is 2.77 bits per heavy atom. The maximum Gasteiger partial charge on any atom is 0.225 e. The third kappa shape index (κ3) is 4.08. The summed E-state index contributed by atoms with van der Waals surface area (Å²) in [6.07, 6.45) is 0.636. The fraction of sp³-hybridized carbons (Fsp3) is 0.312. The maximum absolute atomic E-state index is 13.1. The van der Waals surface area contributed by atoms with E-state index in [1.165, 1.54) is 23.1 Å². The van der Waals surface area contributed by atoms with Crippen LogP contribution in [-0.2, 0) is 18.4 Å². The predicted molar refractivity (Wildman–Crippen MR) is 82.9 cm³/mol. The van der Waals surface area contributed by atoms with Gasteiger partial charge in [-0.25, -0.2) is 4.39 Å². The van der Waals surface area contributed by atoms with Crippen LogP contribution in [0, 0.1) is 5.82 Å². The molecule has 22 heavy (non-hydrogen) atoms. The molecular weight excluding hydrogens is 307 g/mol. The summed E-state index contributed by atoms with van der Waals surface area (Å²) in [4.78, 5) is 13.7. The minimum atomic E-state index is -1.03. The number of carbonyl (C=O) groups is 1. The molecule has 0 saturated heterocycles. The number of aliphatic hydroxyl groups is 1. The van der Waals surface area contributed by atoms with E-state index in [-0.39, 0.29) is 12.3 Å². The predicted octanol–water partition coefficient (Wildman–Crippen LogP) is 2.90. The first-order valence-electron chi connectivity index (χ1n) is 6.85. The molecule has 0 aliphatic heterocycles. The Morgan fingerprint density at radius 1 is 1.45 bits per heavy atom. The minimum Gasteiger partial charge on any atom is -0.388 e. The molecule has 0 aliphatic rings. The molecular formula is C16H18ClFN2O2. The number of hydrogen-bond acceptors (Lipinski definition) is 2. The molecule has 0 bridgehead atoms. The molecule has 1 unspecified atom stereocenters. The average Bonchev–Trinajstić information content (AvgIpc) is 2.76. The van der Waals surface area contributed by atoms with Crippen molar-refractivity contribution in [3.63, 3.8) is 0 Å². The van der Waals surface area contributed by atoms with Crippen molar-refractivity contribution < 1.29 is 14.3 Å². The minimum absolute atomic E-state index is 0.0991. The van der Waals surface area contributed by atoms with Crippen LogP contribution in [0.2, 0.25) is 5.02 Å². The van der Waals surface area contributed by atoms with Crippen molar-refractivity contribution in [1.82, 2.24) is 9.47 Å². The first-order valence-corrected chi connectivity index (χ1v) is 7.23. The summed E-state index contributed by atoms with van der Waals surface area (Å²) in [6.45, 7) is 0.387. The quantitative estimate of drug-likeness (QED) is 0.919. The Labute approximate surface area is 133 Å². The molecule has 1 amide bonds. The van der Waals surface area contributed by atoms with Crippen LogP contribution in [0.5, 0.6) is 0 Å². The van der Waals surface area contributed by atoms with Crippen LogP contribution in [0.15, 0.2) is 36.5 Å². The van der Waals surface area contributed by atoms with Crippen molar-refractivity contribution in [1.29, 1.82) is 0 Å². The van der Waals surface area contributed by atoms with Crippen LogP contribution in [0.4, 0.5) is 4.39 Å². The van der Waals surface area contributed by atoms with Gasteiger partial charge in [0.2, 0.25) is 5.91 Å². The lowest BCUT2D eigenvalue weighted by Gasteiger charge is -2.19. The largest absolute Gasteiger partial charge is 0.388 e. The fourth-order valence-corrected chi connectivity index (χ4v) is 2.48. The number of aliphatic hydroxyl groups excluding tert-OH is 1. The number of aromatic nitrogens is 1. The number of nitrogens with zero attached hydrogens (tertiary/aromatic N) is 2. The first-order chi connectivity index (χ1) is 10.4. The summed E-state index contributed by atoms with van der Waals surface area (Å²) in [5, 5.41) is 10.7. The molecule has 2 rings (SSSR count). The summed E-state index contributed by atoms with van der Waals surface area (Å²) >= 11 is 5.91. The number of rotatable bonds is 5. The molecule has 1 aromatic carbocycles. The average molecular weight is 325 g/mol. The van der Waals surface area contributed by atoms with Gasteiger partial charge in [-0.05, 0) is 23.8 Å². The van der Waals surface area contributed by atoms with Crippen molar-refractivity contribution >= 4 is 17.5 Å². The van der Waals surface area contributed by atoms with E-state index in [0.717, 1.165) is 5.69 Å². The Balaban J connectivity index is 1.97. The third-order valence-corrected chi connectivity index (χ3v) is 3.71. The summed E-state index contributed by atoms with van der Waals surface area (Å²) in [7, 11) is 3.50. The standard InChI is InChI=1S/C16H18ClFN2O2/c1-19-9-12(17)7-14(19)10-20(2)16(22)8-15(21)11-4-3-5-13(18)6-11/h3-7,9,15,21H,8,10H2,1-2H3. The zero-order valence-electron chi connectivity index (χ0n) is 12.5. The molecule has 1 N–H and O–H groups in total. The van der Waals surface area contributed by atoms with Crippen LogP contribution in [0.25, 0.3) is 0 Å². The zero-order chi connectivity index (χ0) is 16.3. The molecule has 0 saturated carbocycles. The summed E-state index contributed by atoms with van der Waals surface area (Å²) < 4.78 is 15.0. The Hall–Kier alpha value is -1.85. The Kier molecular flexibility index (Phi) is 5.21. The van der Waals surface area contributed by atoms with Crippen LogP contribution < -0.4 is 0 Å². The molecule has 6 heteroatoms. The van der Waals surface area contributed by atoms with Crippen molar-refractivity contribution in [3.8, 4) is 0 Å². The second-order valence-corrected chi connectivity index (χ2v) is 5.72. The Morgan fingerprint density at radius 2 is 2.18 bits per heavy atom. The van der Waals surface area contributed by atoms with Gasteiger partial charge in [0, 0.05) is 26.0 Å². The summed E-state index contributed by atoms with van der Waals surface area (Å²) in [6, 6.07) is 7.42. The van der Waals surface area contributed by atoms with Crippen molar-refractivity contribution in [3.05, 3.63) is 58.6 Å². The number of hydrogen-bond donors (Lipinski definition) is 1. The second-order valence-electron chi connectivity index (χ2n) is 5.29. The van der Waals surface area contributed by atoms with Crippen molar-refractivity contribution in [2.45, 2.75) is 19.1 Å². The van der Waals surface area contributed by atoms with E-state index in [2.05, 4.69) is 0 Å². The van der Waals surface area contributed by atoms with Gasteiger partial charge in [0.15, 0.2) is 0 Å². The Bertz CT molecular complexity index is 672. The first kappa shape index (κ1) is 16.5. The van der Waals surface area contributed by atoms with Gasteiger partial charge < -0.3 is 14.6 Å². The van der Waals surface area contributed by atoms with E-state index in [1.54, 1.807) is 25.4 Å². The molecule has 0 fully saturated rings. The van der Waals surface area contributed by atoms with Crippen LogP contribution in [0.3, 0.4) is 0 Å². The van der Waals surface area contributed by atoms with Gasteiger partial charge in [-0.2, -0.15) is 0 Å². The molecule has 0 spiro atoms. The zero-order valence-corrected chi connectivity index (χ0v) is 13.2. The lowest BCUT2D eigenvalue weighted by atomic mass is 10.1. The topological polar surface area (TPSA) is 45.5 Å². The third-order valence-electron chi connectivity index (χ3n) is 3.50. The van der Waals surface area contributed by atoms with E-state index in [9.17, 15) is 14.3 Å². The molecule has 0 radical (unpaired) electrons. The number of benzene rings is 1. The maximum atomic E-state index is 13.1. The SMILES string of the molecule is CN(Cc1cc(Cl)cn1C)C(=O)CC(O)c1cccc(F)c1. The van der Waals surface area contributed by atoms with Crippen molar-refractivity contribution in [2.24, 2.45) is 7.05 Å². The van der Waals surface area contributed by atoms with Gasteiger partial charge in [0.05, 0.1) is 24.1 Å². The molecule has 118 valence electrons. The van der Waals surface area contributed by atoms with Gasteiger partial charge in [0.25, 0.3) is 0 Å². The highest BCUT2D eigenvalue weighted by molar-refractivity contribution is 6.30. The second kappa shape index (κ2) is 6.94. The van der Waals surface area contributed by atoms with Crippen LogP contribution in [-0.4, -0.2) is 27.5 Å². The number of halogens is 2. The van der Waals surface area contributed by atoms with Crippen LogP contribution >= 0.6 is 11.6 Å². The molecule has 0 aliphatic carbocycles. The molecule has 1 heterocycles. The van der Waals surface area contributed by atoms with Gasteiger partial charge in [0.1, 0.15) is 5.82 Å². The van der Waals surface area contributed by atoms with Gasteiger partial charge in [-0.1, -0.05) is 23.7 Å².